The molecule has 16 atom stereocenters. The molecule has 2 amide bonds. The fourth-order valence-electron chi connectivity index (χ4n) is 11.0. The van der Waals surface area contributed by atoms with Crippen molar-refractivity contribution in [2.45, 2.75) is 134 Å². The van der Waals surface area contributed by atoms with Crippen LogP contribution in [0.25, 0.3) is 0 Å². The van der Waals surface area contributed by atoms with Gasteiger partial charge in [0.1, 0.15) is 24.4 Å². The minimum absolute atomic E-state index is 0.0285. The van der Waals surface area contributed by atoms with Crippen molar-refractivity contribution in [2.75, 3.05) is 18.9 Å². The van der Waals surface area contributed by atoms with Crippen LogP contribution in [0, 0.1) is 46.3 Å². The van der Waals surface area contributed by atoms with Crippen LogP contribution in [0.4, 0.5) is 0 Å². The van der Waals surface area contributed by atoms with Gasteiger partial charge in [-0.3, -0.25) is 14.1 Å². The molecule has 5 rings (SSSR count). The van der Waals surface area contributed by atoms with Crippen molar-refractivity contribution in [3.8, 4) is 0 Å². The van der Waals surface area contributed by atoms with Gasteiger partial charge < -0.3 is 45.6 Å². The van der Waals surface area contributed by atoms with Crippen LogP contribution in [-0.2, 0) is 29.2 Å². The van der Waals surface area contributed by atoms with Gasteiger partial charge in [0.25, 0.3) is 10.1 Å². The molecule has 282 valence electrons. The number of fused-ring (bicyclic) bond motifs is 5. The van der Waals surface area contributed by atoms with E-state index in [0.29, 0.717) is 32.1 Å². The molecule has 4 aliphatic carbocycles. The third-order valence-electron chi connectivity index (χ3n) is 13.6. The number of nitrogens with one attached hydrogen (secondary N) is 2. The molecule has 14 nitrogen and oxygen atoms in total. The summed E-state index contributed by atoms with van der Waals surface area (Å²) in [6.07, 6.45) is -0.539. The molecule has 1 heterocycles. The Labute approximate surface area is 289 Å². The van der Waals surface area contributed by atoms with E-state index in [2.05, 4.69) is 31.4 Å². The van der Waals surface area contributed by atoms with Gasteiger partial charge >= 0.3 is 0 Å². The summed E-state index contributed by atoms with van der Waals surface area (Å²) in [5.41, 5.74) is -0.568. The Morgan fingerprint density at radius 1 is 1.02 bits per heavy atom. The molecule has 1 saturated heterocycles. The van der Waals surface area contributed by atoms with Gasteiger partial charge in [0, 0.05) is 19.9 Å². The molecule has 4 saturated carbocycles. The van der Waals surface area contributed by atoms with Crippen molar-refractivity contribution in [2.24, 2.45) is 46.3 Å². The Kier molecular flexibility index (Phi) is 11.8. The first kappa shape index (κ1) is 38.8. The van der Waals surface area contributed by atoms with Crippen LogP contribution in [0.15, 0.2) is 0 Å². The van der Waals surface area contributed by atoms with Crippen LogP contribution in [0.2, 0.25) is 0 Å². The van der Waals surface area contributed by atoms with Crippen LogP contribution >= 0.6 is 0 Å². The fourth-order valence-corrected chi connectivity index (χ4v) is 11.3. The van der Waals surface area contributed by atoms with Gasteiger partial charge in [0.15, 0.2) is 6.29 Å². The summed E-state index contributed by atoms with van der Waals surface area (Å²) in [5.74, 6) is -0.591. The molecule has 0 unspecified atom stereocenters. The van der Waals surface area contributed by atoms with Gasteiger partial charge in [-0.1, -0.05) is 20.8 Å². The van der Waals surface area contributed by atoms with Gasteiger partial charge in [-0.25, -0.2) is 0 Å². The summed E-state index contributed by atoms with van der Waals surface area (Å²) in [6, 6.07) is -1.02. The highest BCUT2D eigenvalue weighted by Gasteiger charge is 2.66. The molecular weight excluding hydrogens is 660 g/mol. The molecule has 0 aromatic carbocycles. The lowest BCUT2D eigenvalue weighted by Crippen LogP contribution is -2.65. The monoisotopic (exact) mass is 718 g/mol. The largest absolute Gasteiger partial charge is 0.394 e. The van der Waals surface area contributed by atoms with E-state index < -0.39 is 76.7 Å². The number of ether oxygens (including phenoxy) is 2. The van der Waals surface area contributed by atoms with E-state index >= 15 is 0 Å². The first-order valence-electron chi connectivity index (χ1n) is 18.0. The van der Waals surface area contributed by atoms with Crippen molar-refractivity contribution in [3.63, 3.8) is 0 Å². The van der Waals surface area contributed by atoms with Crippen LogP contribution in [-0.4, -0.2) is 118 Å². The number of aliphatic hydroxyl groups is 5. The maximum atomic E-state index is 12.4. The molecule has 5 aliphatic rings. The Morgan fingerprint density at radius 2 is 1.73 bits per heavy atom. The number of carbonyl (C=O) groups excluding carboxylic acids is 2. The molecule has 1 aliphatic heterocycles. The van der Waals surface area contributed by atoms with E-state index in [9.17, 15) is 43.5 Å². The lowest BCUT2D eigenvalue weighted by atomic mass is 9.43. The molecule has 0 spiro atoms. The number of amides is 2. The number of hydrogen-bond donors (Lipinski definition) is 8. The van der Waals surface area contributed by atoms with E-state index in [1.165, 1.54) is 6.92 Å². The van der Waals surface area contributed by atoms with Gasteiger partial charge in [-0.15, -0.1) is 0 Å². The van der Waals surface area contributed by atoms with Gasteiger partial charge in [0.2, 0.25) is 11.8 Å². The number of carbonyl (C=O) groups is 2. The van der Waals surface area contributed by atoms with E-state index in [4.69, 9.17) is 14.0 Å². The molecule has 15 heteroatoms. The zero-order valence-corrected chi connectivity index (χ0v) is 29.9. The van der Waals surface area contributed by atoms with Crippen LogP contribution in [0.5, 0.6) is 0 Å². The summed E-state index contributed by atoms with van der Waals surface area (Å²) in [7, 11) is -4.15. The average molecular weight is 719 g/mol. The molecule has 49 heavy (non-hydrogen) atoms. The lowest BCUT2D eigenvalue weighted by molar-refractivity contribution is -0.290. The third kappa shape index (κ3) is 7.71. The van der Waals surface area contributed by atoms with Crippen molar-refractivity contribution in [1.82, 2.24) is 10.6 Å². The van der Waals surface area contributed by atoms with Crippen LogP contribution < -0.4 is 10.6 Å². The normalized spacial score (nSPS) is 45.8. The predicted molar refractivity (Wildman–Crippen MR) is 176 cm³/mol. The van der Waals surface area contributed by atoms with E-state index in [0.717, 1.165) is 19.3 Å². The first-order chi connectivity index (χ1) is 22.9. The highest BCUT2D eigenvalue weighted by molar-refractivity contribution is 7.85. The summed E-state index contributed by atoms with van der Waals surface area (Å²) >= 11 is 0. The quantitative estimate of drug-likeness (QED) is 0.107. The Morgan fingerprint density at radius 3 is 2.39 bits per heavy atom. The Balaban J connectivity index is 1.24. The molecule has 0 bridgehead atoms. The standard InChI is InChI=1S/C34H58N2O12S/c1-17(5-8-27(41)35-11-12-49(44,45)46)21-6-7-22-28-23(15-26(40)34(21,22)4)33(3)10-9-20(13-19(33)14-24(28)39)47-32-29(36-18(2)38)31(43)30(42)25(16-37)48-32/h17,19-26,28-32,37,39-40,42-43H,5-16H2,1-4H3,(H,35,41)(H,36,38)(H,44,45,46)/t17-,19+,20-,21-,22+,23+,24-,25-,26+,28+,29-,30-,31-,32-,33+,34-/m1/s1. The SMILES string of the molecule is CC(=O)N[C@H]1[C@H](O[C@@H]2CC[C@@]3(C)[C@@H](C2)C[C@@H](O)[C@@H]2[C@@H]3C[C@H](O)[C@]3(C)[C@@H]([C@H](C)CCC(=O)NCCS(=O)(=O)O)CC[C@@H]23)O[C@H](CO)[C@@H](O)[C@@H]1O. The van der Waals surface area contributed by atoms with Crippen molar-refractivity contribution in [1.29, 1.82) is 0 Å². The maximum Gasteiger partial charge on any atom is 0.266 e. The minimum Gasteiger partial charge on any atom is -0.394 e. The second-order valence-electron chi connectivity index (χ2n) is 16.2. The van der Waals surface area contributed by atoms with Gasteiger partial charge in [-0.2, -0.15) is 8.42 Å². The van der Waals surface area contributed by atoms with E-state index in [1.807, 2.05) is 0 Å². The van der Waals surface area contributed by atoms with E-state index in [1.54, 1.807) is 0 Å². The van der Waals surface area contributed by atoms with E-state index in [-0.39, 0.29) is 65.9 Å². The smallest absolute Gasteiger partial charge is 0.266 e. The summed E-state index contributed by atoms with van der Waals surface area (Å²) in [6.45, 7) is 7.17. The topological polar surface area (TPSA) is 232 Å². The van der Waals surface area contributed by atoms with Crippen LogP contribution in [0.1, 0.15) is 85.5 Å². The minimum atomic E-state index is -4.15. The van der Waals surface area contributed by atoms with Crippen molar-refractivity contribution in [3.05, 3.63) is 0 Å². The summed E-state index contributed by atoms with van der Waals surface area (Å²) in [4.78, 5) is 24.3. The number of hydrogen-bond acceptors (Lipinski definition) is 11. The highest BCUT2D eigenvalue weighted by atomic mass is 32.2. The fraction of sp³-hybridized carbons (Fsp3) is 0.941. The summed E-state index contributed by atoms with van der Waals surface area (Å²) in [5, 5.41) is 59.8. The molecule has 0 aromatic rings. The Bertz CT molecular complexity index is 1300. The summed E-state index contributed by atoms with van der Waals surface area (Å²) < 4.78 is 43.0. The average Bonchev–Trinajstić information content (AvgIpc) is 3.38. The number of aliphatic hydroxyl groups excluding tert-OH is 5. The number of rotatable bonds is 11. The van der Waals surface area contributed by atoms with Crippen molar-refractivity contribution < 1.29 is 57.6 Å². The van der Waals surface area contributed by atoms with Crippen molar-refractivity contribution >= 4 is 21.9 Å². The zero-order chi connectivity index (χ0) is 36.1. The highest BCUT2D eigenvalue weighted by Crippen LogP contribution is 2.68. The second-order valence-corrected chi connectivity index (χ2v) is 17.8. The first-order valence-corrected chi connectivity index (χ1v) is 19.6. The zero-order valence-electron chi connectivity index (χ0n) is 29.1. The molecular formula is C34H58N2O12S. The Hall–Kier alpha value is -1.43. The second kappa shape index (κ2) is 14.9. The predicted octanol–water partition coefficient (Wildman–Crippen LogP) is 0.336. The van der Waals surface area contributed by atoms with Gasteiger partial charge in [-0.05, 0) is 97.7 Å². The molecule has 0 radical (unpaired) electrons. The third-order valence-corrected chi connectivity index (χ3v) is 14.3. The van der Waals surface area contributed by atoms with Crippen LogP contribution in [0.3, 0.4) is 0 Å². The lowest BCUT2D eigenvalue weighted by Gasteiger charge is -2.63. The molecule has 0 aromatic heterocycles. The molecule has 8 N–H and O–H groups in total. The van der Waals surface area contributed by atoms with Gasteiger partial charge in [0.05, 0.1) is 30.7 Å². The molecule has 5 fully saturated rings. The maximum absolute atomic E-state index is 12.4.